The smallest absolute Gasteiger partial charge is 0.195 e. The number of quaternary nitrogens is 1. The fourth-order valence-electron chi connectivity index (χ4n) is 5.56. The minimum atomic E-state index is 0. The number of nitrogens with zero attached hydrogens (tertiary/aromatic N) is 3. The van der Waals surface area contributed by atoms with Crippen LogP contribution in [0.15, 0.2) is 67.0 Å². The summed E-state index contributed by atoms with van der Waals surface area (Å²) in [4.78, 5) is 0. The van der Waals surface area contributed by atoms with Crippen LogP contribution in [0.1, 0.15) is 108 Å². The molecule has 0 radical (unpaired) electrons. The molecule has 3 aliphatic heterocycles. The Balaban J connectivity index is 0.000000813. The molecular formula is C32H45Cl2N3Ti. The molecule has 206 valence electrons. The Morgan fingerprint density at radius 2 is 1.03 bits per heavy atom. The van der Waals surface area contributed by atoms with Crippen molar-refractivity contribution in [3.05, 3.63) is 95.4 Å². The number of benzene rings is 2. The van der Waals surface area contributed by atoms with Crippen LogP contribution in [-0.2, 0) is 21.7 Å². The Kier molecular flexibility index (Phi) is 12.9. The first kappa shape index (κ1) is 34.5. The normalized spacial score (nSPS) is 15.8. The summed E-state index contributed by atoms with van der Waals surface area (Å²) in [6.07, 6.45) is 14.6. The fourth-order valence-corrected chi connectivity index (χ4v) is 5.56. The SMILES string of the molecule is CC(C)c1cccc(C(C)C)c1[N+]1(c2c(C(C)C)cccc2C(C)C)N2C=CN1C2.Cl.Cl.[C-]1=CC=CC1.[Ti]. The van der Waals surface area contributed by atoms with Crippen LogP contribution in [-0.4, -0.2) is 16.7 Å². The predicted molar refractivity (Wildman–Crippen MR) is 164 cm³/mol. The maximum Gasteiger partial charge on any atom is 0.195 e. The molecule has 2 bridgehead atoms. The molecule has 0 spiro atoms. The molecule has 0 amide bonds. The van der Waals surface area contributed by atoms with Crippen molar-refractivity contribution in [2.45, 2.75) is 85.5 Å². The van der Waals surface area contributed by atoms with E-state index in [1.165, 1.54) is 33.6 Å². The summed E-state index contributed by atoms with van der Waals surface area (Å²) < 4.78 is 0.698. The average molecular weight is 591 g/mol. The second kappa shape index (κ2) is 14.2. The van der Waals surface area contributed by atoms with Gasteiger partial charge in [-0.3, -0.25) is 6.08 Å². The topological polar surface area (TPSA) is 6.48 Å². The molecule has 4 aliphatic rings. The molecule has 1 aliphatic carbocycles. The molecule has 0 unspecified atom stereocenters. The summed E-state index contributed by atoms with van der Waals surface area (Å²) in [6.45, 7) is 19.6. The molecule has 0 saturated carbocycles. The monoisotopic (exact) mass is 589 g/mol. The number of rotatable bonds is 6. The number of halogens is 2. The van der Waals surface area contributed by atoms with E-state index in [2.05, 4.69) is 126 Å². The minimum absolute atomic E-state index is 0. The van der Waals surface area contributed by atoms with Crippen LogP contribution in [0.25, 0.3) is 0 Å². The van der Waals surface area contributed by atoms with Crippen molar-refractivity contribution in [1.82, 2.24) is 14.7 Å². The second-order valence-electron chi connectivity index (χ2n) is 11.1. The average Bonchev–Trinajstić information content (AvgIpc) is 3.59. The van der Waals surface area contributed by atoms with Gasteiger partial charge in [0.1, 0.15) is 0 Å². The van der Waals surface area contributed by atoms with E-state index in [9.17, 15) is 0 Å². The Morgan fingerprint density at radius 1 is 0.658 bits per heavy atom. The molecule has 2 aromatic carbocycles. The van der Waals surface area contributed by atoms with Crippen molar-refractivity contribution in [2.24, 2.45) is 0 Å². The van der Waals surface area contributed by atoms with Gasteiger partial charge in [0, 0.05) is 44.0 Å². The van der Waals surface area contributed by atoms with Crippen molar-refractivity contribution >= 4 is 36.2 Å². The van der Waals surface area contributed by atoms with Gasteiger partial charge in [0.2, 0.25) is 0 Å². The van der Waals surface area contributed by atoms with Gasteiger partial charge in [-0.25, -0.2) is 12.2 Å². The third-order valence-corrected chi connectivity index (χ3v) is 7.34. The van der Waals surface area contributed by atoms with Gasteiger partial charge in [0.15, 0.2) is 18.0 Å². The van der Waals surface area contributed by atoms with Crippen molar-refractivity contribution < 1.29 is 21.7 Å². The quantitative estimate of drug-likeness (QED) is 0.188. The minimum Gasteiger partial charge on any atom is -0.273 e. The number of allylic oxidation sites excluding steroid dienone is 4. The molecular weight excluding hydrogens is 545 g/mol. The molecule has 0 N–H and O–H groups in total. The molecule has 38 heavy (non-hydrogen) atoms. The van der Waals surface area contributed by atoms with Crippen LogP contribution in [0, 0.1) is 6.08 Å². The molecule has 2 aromatic rings. The van der Waals surface area contributed by atoms with E-state index in [4.69, 9.17) is 0 Å². The van der Waals surface area contributed by atoms with Crippen LogP contribution < -0.4 is 4.70 Å². The van der Waals surface area contributed by atoms with E-state index in [0.29, 0.717) is 28.4 Å². The molecule has 1 saturated heterocycles. The number of hydrogen-bond acceptors (Lipinski definition) is 2. The summed E-state index contributed by atoms with van der Waals surface area (Å²) in [6, 6.07) is 13.9. The van der Waals surface area contributed by atoms with E-state index in [0.717, 1.165) is 13.1 Å². The van der Waals surface area contributed by atoms with Gasteiger partial charge < -0.3 is 0 Å². The maximum atomic E-state index is 2.99. The summed E-state index contributed by atoms with van der Waals surface area (Å²) in [5.74, 6) is 1.85. The first-order chi connectivity index (χ1) is 16.7. The summed E-state index contributed by atoms with van der Waals surface area (Å²) in [5.41, 5.74) is 8.71. The third-order valence-electron chi connectivity index (χ3n) is 7.34. The predicted octanol–water partition coefficient (Wildman–Crippen LogP) is 9.86. The summed E-state index contributed by atoms with van der Waals surface area (Å²) >= 11 is 0. The van der Waals surface area contributed by atoms with Crippen molar-refractivity contribution in [3.63, 3.8) is 0 Å². The van der Waals surface area contributed by atoms with Crippen molar-refractivity contribution in [1.29, 1.82) is 0 Å². The number of para-hydroxylation sites is 2. The van der Waals surface area contributed by atoms with Gasteiger partial charge in [-0.15, -0.1) is 31.2 Å². The summed E-state index contributed by atoms with van der Waals surface area (Å²) in [7, 11) is 0. The van der Waals surface area contributed by atoms with Crippen LogP contribution in [0.2, 0.25) is 0 Å². The summed E-state index contributed by atoms with van der Waals surface area (Å²) in [5, 5.41) is 5.03. The molecule has 1 fully saturated rings. The zero-order chi connectivity index (χ0) is 25.3. The standard InChI is InChI=1S/C27H38N3.C5H5.2ClH.Ti/c1-18(2)22-11-9-12-23(19(3)4)26(22)30(28-15-16-29(30)17-28)27-24(20(5)6)13-10-14-25(27)21(7)8;1-2-4-5-3-1;;;/h9-16,18-21H,17H2,1-8H3;1-3H,4H2;2*1H;/q+1;-1;;;. The van der Waals surface area contributed by atoms with E-state index in [-0.39, 0.29) is 46.5 Å². The van der Waals surface area contributed by atoms with Crippen molar-refractivity contribution in [3.8, 4) is 0 Å². The Hall–Kier alpha value is -1.49. The fraction of sp³-hybridized carbons (Fsp3) is 0.438. The first-order valence-electron chi connectivity index (χ1n) is 13.3. The van der Waals surface area contributed by atoms with E-state index < -0.39 is 0 Å². The second-order valence-corrected chi connectivity index (χ2v) is 11.1. The zero-order valence-corrected chi connectivity index (χ0v) is 27.4. The van der Waals surface area contributed by atoms with E-state index in [1.54, 1.807) is 0 Å². The van der Waals surface area contributed by atoms with E-state index in [1.807, 2.05) is 12.2 Å². The Labute approximate surface area is 258 Å². The van der Waals surface area contributed by atoms with Gasteiger partial charge in [0.05, 0.1) is 12.4 Å². The van der Waals surface area contributed by atoms with Crippen molar-refractivity contribution in [2.75, 3.05) is 6.67 Å². The molecule has 6 rings (SSSR count). The Bertz CT molecular complexity index is 1010. The van der Waals surface area contributed by atoms with Gasteiger partial charge >= 0.3 is 0 Å². The maximum absolute atomic E-state index is 2.99. The molecule has 0 atom stereocenters. The van der Waals surface area contributed by atoms with Gasteiger partial charge in [-0.2, -0.15) is 16.1 Å². The van der Waals surface area contributed by atoms with Gasteiger partial charge in [0.25, 0.3) is 0 Å². The van der Waals surface area contributed by atoms with E-state index >= 15 is 0 Å². The molecule has 6 heteroatoms. The third kappa shape index (κ3) is 5.98. The number of hydrogen-bond donors (Lipinski definition) is 0. The van der Waals surface area contributed by atoms with Gasteiger partial charge in [-0.05, 0) is 23.7 Å². The van der Waals surface area contributed by atoms with Crippen LogP contribution >= 0.6 is 24.8 Å². The molecule has 0 aromatic heterocycles. The van der Waals surface area contributed by atoms with Crippen LogP contribution in [0.5, 0.6) is 0 Å². The van der Waals surface area contributed by atoms with Crippen LogP contribution in [0.3, 0.4) is 0 Å². The Morgan fingerprint density at radius 3 is 1.24 bits per heavy atom. The molecule has 3 nitrogen and oxygen atoms in total. The largest absolute Gasteiger partial charge is 0.273 e. The zero-order valence-electron chi connectivity index (χ0n) is 24.2. The first-order valence-corrected chi connectivity index (χ1v) is 13.3. The van der Waals surface area contributed by atoms with Gasteiger partial charge in [-0.1, -0.05) is 96.5 Å². The molecule has 3 heterocycles. The van der Waals surface area contributed by atoms with Crippen LogP contribution in [0.4, 0.5) is 11.4 Å².